The number of alkyl halides is 3. The van der Waals surface area contributed by atoms with Crippen LogP contribution in [0.4, 0.5) is 13.2 Å². The second-order valence-corrected chi connectivity index (χ2v) is 9.49. The second kappa shape index (κ2) is 15.1. The molecule has 0 saturated heterocycles. The third kappa shape index (κ3) is 11.9. The summed E-state index contributed by atoms with van der Waals surface area (Å²) < 4.78 is 47.5. The minimum Gasteiger partial charge on any atom is -0.493 e. The van der Waals surface area contributed by atoms with Crippen LogP contribution in [0.2, 0.25) is 0 Å². The van der Waals surface area contributed by atoms with Gasteiger partial charge in [-0.25, -0.2) is 0 Å². The summed E-state index contributed by atoms with van der Waals surface area (Å²) in [6.45, 7) is 7.18. The summed E-state index contributed by atoms with van der Waals surface area (Å²) in [7, 11) is 0. The third-order valence-corrected chi connectivity index (χ3v) is 6.21. The summed E-state index contributed by atoms with van der Waals surface area (Å²) in [5.41, 5.74) is 5.11. The molecule has 0 radical (unpaired) electrons. The van der Waals surface area contributed by atoms with E-state index < -0.39 is 18.3 Å². The van der Waals surface area contributed by atoms with Crippen molar-refractivity contribution >= 4 is 0 Å². The largest absolute Gasteiger partial charge is 0.523 e. The minimum atomic E-state index is -4.70. The first-order valence-electron chi connectivity index (χ1n) is 12.9. The number of allylic oxidation sites excluding steroid dienone is 5. The maximum absolute atomic E-state index is 12.5. The van der Waals surface area contributed by atoms with E-state index in [2.05, 4.69) is 35.4 Å². The van der Waals surface area contributed by atoms with E-state index in [1.807, 2.05) is 24.3 Å². The number of ether oxygens (including phenoxy) is 2. The molecule has 0 aromatic heterocycles. The molecule has 2 rings (SSSR count). The Labute approximate surface area is 223 Å². The number of halogens is 3. The Morgan fingerprint density at radius 3 is 2.42 bits per heavy atom. The average Bonchev–Trinajstić information content (AvgIpc) is 2.85. The summed E-state index contributed by atoms with van der Waals surface area (Å²) in [6.07, 6.45) is 7.87. The van der Waals surface area contributed by atoms with Gasteiger partial charge >= 0.3 is 6.36 Å². The molecule has 3 atom stereocenters. The molecule has 3 unspecified atom stereocenters. The van der Waals surface area contributed by atoms with Gasteiger partial charge in [-0.3, -0.25) is 4.74 Å². The lowest BCUT2D eigenvalue weighted by Crippen LogP contribution is -2.30. The van der Waals surface area contributed by atoms with Crippen LogP contribution in [-0.4, -0.2) is 41.6 Å². The first-order chi connectivity index (χ1) is 17.9. The molecule has 6 nitrogen and oxygen atoms in total. The van der Waals surface area contributed by atoms with Crippen LogP contribution in [0.5, 0.6) is 5.75 Å². The Morgan fingerprint density at radius 1 is 1.16 bits per heavy atom. The zero-order valence-corrected chi connectivity index (χ0v) is 22.5. The quantitative estimate of drug-likeness (QED) is 0.0782. The van der Waals surface area contributed by atoms with E-state index in [-0.39, 0.29) is 24.8 Å². The van der Waals surface area contributed by atoms with E-state index in [1.54, 1.807) is 13.0 Å². The second-order valence-electron chi connectivity index (χ2n) is 9.49. The fraction of sp³-hybridized carbons (Fsp3) is 0.517. The average molecular weight is 540 g/mol. The molecule has 0 saturated carbocycles. The van der Waals surface area contributed by atoms with Crippen LogP contribution in [-0.2, 0) is 9.47 Å². The molecule has 0 heterocycles. The van der Waals surface area contributed by atoms with Crippen molar-refractivity contribution < 1.29 is 37.7 Å². The number of hydrogen-bond donors (Lipinski definition) is 3. The fourth-order valence-electron chi connectivity index (χ4n) is 4.26. The van der Waals surface area contributed by atoms with Gasteiger partial charge in [0.05, 0.1) is 12.7 Å². The maximum atomic E-state index is 12.5. The highest BCUT2D eigenvalue weighted by Crippen LogP contribution is 2.37. The summed E-state index contributed by atoms with van der Waals surface area (Å²) in [5, 5.41) is 18.7. The van der Waals surface area contributed by atoms with Gasteiger partial charge in [0.1, 0.15) is 11.5 Å². The highest BCUT2D eigenvalue weighted by molar-refractivity contribution is 5.32. The van der Waals surface area contributed by atoms with Crippen LogP contribution >= 0.6 is 0 Å². The molecule has 0 aliphatic heterocycles. The van der Waals surface area contributed by atoms with E-state index in [4.69, 9.17) is 9.57 Å². The first-order valence-corrected chi connectivity index (χ1v) is 12.9. The Kier molecular flexibility index (Phi) is 12.6. The predicted octanol–water partition coefficient (Wildman–Crippen LogP) is 6.45. The molecule has 0 fully saturated rings. The van der Waals surface area contributed by atoms with Crippen LogP contribution in [0, 0.1) is 5.92 Å². The topological polar surface area (TPSA) is 80.2 Å². The van der Waals surface area contributed by atoms with E-state index in [0.717, 1.165) is 24.8 Å². The van der Waals surface area contributed by atoms with Crippen molar-refractivity contribution in [2.45, 2.75) is 77.5 Å². The SMILES string of the molecule is C/C=C(\C=C/C(C)OC(F)(F)F)OCC(C1=CC=CCC1)C(CC)c1ccc(ONCCC(C)(O)O)cc1. The van der Waals surface area contributed by atoms with Crippen molar-refractivity contribution in [3.8, 4) is 5.75 Å². The fourth-order valence-corrected chi connectivity index (χ4v) is 4.26. The van der Waals surface area contributed by atoms with Crippen LogP contribution < -0.4 is 10.3 Å². The smallest absolute Gasteiger partial charge is 0.493 e. The van der Waals surface area contributed by atoms with Crippen molar-refractivity contribution in [1.29, 1.82) is 0 Å². The van der Waals surface area contributed by atoms with Crippen molar-refractivity contribution in [2.75, 3.05) is 13.2 Å². The molecule has 9 heteroatoms. The van der Waals surface area contributed by atoms with Gasteiger partial charge in [-0.05, 0) is 75.8 Å². The predicted molar refractivity (Wildman–Crippen MR) is 141 cm³/mol. The molecule has 1 aromatic rings. The molecule has 0 amide bonds. The van der Waals surface area contributed by atoms with Crippen LogP contribution in [0.25, 0.3) is 0 Å². The summed E-state index contributed by atoms with van der Waals surface area (Å²) >= 11 is 0. The van der Waals surface area contributed by atoms with Crippen molar-refractivity contribution in [3.05, 3.63) is 77.6 Å². The van der Waals surface area contributed by atoms with Gasteiger partial charge in [0, 0.05) is 18.9 Å². The zero-order valence-electron chi connectivity index (χ0n) is 22.5. The lowest BCUT2D eigenvalue weighted by Gasteiger charge is -2.30. The van der Waals surface area contributed by atoms with Crippen molar-refractivity contribution in [2.24, 2.45) is 5.92 Å². The molecule has 1 aliphatic rings. The standard InChI is InChI=1S/C29H40F3NO5/c1-5-24(15-12-21(3)37-29(30,31)32)36-20-27(22-10-8-7-9-11-22)26(6-2)23-13-16-25(17-14-23)38-33-19-18-28(4,34)35/h5,7-8,10,12-17,21,26-27,33-35H,6,9,11,18-20H2,1-4H3/b15-12-,24-5+. The Morgan fingerprint density at radius 2 is 1.87 bits per heavy atom. The number of nitrogens with one attached hydrogen (secondary N) is 1. The number of rotatable bonds is 15. The maximum Gasteiger partial charge on any atom is 0.523 e. The van der Waals surface area contributed by atoms with E-state index in [1.165, 1.54) is 31.6 Å². The summed E-state index contributed by atoms with van der Waals surface area (Å²) in [6, 6.07) is 7.73. The van der Waals surface area contributed by atoms with Gasteiger partial charge in [-0.2, -0.15) is 5.48 Å². The van der Waals surface area contributed by atoms with E-state index in [9.17, 15) is 23.4 Å². The van der Waals surface area contributed by atoms with Crippen LogP contribution in [0.1, 0.15) is 64.9 Å². The summed E-state index contributed by atoms with van der Waals surface area (Å²) in [5.74, 6) is -0.467. The highest BCUT2D eigenvalue weighted by atomic mass is 19.4. The molecule has 1 aromatic carbocycles. The minimum absolute atomic E-state index is 0.0637. The lowest BCUT2D eigenvalue weighted by molar-refractivity contribution is -0.334. The highest BCUT2D eigenvalue weighted by Gasteiger charge is 2.31. The van der Waals surface area contributed by atoms with E-state index >= 15 is 0 Å². The number of hydrogen-bond acceptors (Lipinski definition) is 6. The molecule has 0 spiro atoms. The Hall–Kier alpha value is -2.59. The molecule has 1 aliphatic carbocycles. The molecular formula is C29H40F3NO5. The van der Waals surface area contributed by atoms with Gasteiger partial charge < -0.3 is 19.8 Å². The molecule has 212 valence electrons. The van der Waals surface area contributed by atoms with Gasteiger partial charge in [0.15, 0.2) is 5.79 Å². The van der Waals surface area contributed by atoms with Crippen LogP contribution in [0.15, 0.2) is 72.1 Å². The van der Waals surface area contributed by atoms with Gasteiger partial charge in [0.2, 0.25) is 0 Å². The Balaban J connectivity index is 2.11. The zero-order chi connectivity index (χ0) is 28.2. The Bertz CT molecular complexity index is 962. The number of benzene rings is 1. The van der Waals surface area contributed by atoms with E-state index in [0.29, 0.717) is 18.1 Å². The van der Waals surface area contributed by atoms with Crippen LogP contribution in [0.3, 0.4) is 0 Å². The van der Waals surface area contributed by atoms with Gasteiger partial charge in [-0.15, -0.1) is 13.2 Å². The first kappa shape index (κ1) is 31.6. The van der Waals surface area contributed by atoms with Gasteiger partial charge in [0.25, 0.3) is 0 Å². The normalized spacial score (nSPS) is 17.3. The molecular weight excluding hydrogens is 499 g/mol. The molecule has 38 heavy (non-hydrogen) atoms. The molecule has 3 N–H and O–H groups in total. The monoisotopic (exact) mass is 539 g/mol. The van der Waals surface area contributed by atoms with Gasteiger partial charge in [-0.1, -0.05) is 48.9 Å². The third-order valence-electron chi connectivity index (χ3n) is 6.21. The molecule has 0 bridgehead atoms. The summed E-state index contributed by atoms with van der Waals surface area (Å²) in [4.78, 5) is 5.50. The lowest BCUT2D eigenvalue weighted by atomic mass is 9.77. The van der Waals surface area contributed by atoms with Crippen molar-refractivity contribution in [3.63, 3.8) is 0 Å². The number of hydroxylamine groups is 1. The van der Waals surface area contributed by atoms with Crippen molar-refractivity contribution in [1.82, 2.24) is 5.48 Å². The number of aliphatic hydroxyl groups is 2.